The highest BCUT2D eigenvalue weighted by molar-refractivity contribution is 5.99. The minimum atomic E-state index is -1.27. The fourth-order valence-corrected chi connectivity index (χ4v) is 4.27. The van der Waals surface area contributed by atoms with Gasteiger partial charge in [0.1, 0.15) is 29.2 Å². The van der Waals surface area contributed by atoms with E-state index >= 15 is 0 Å². The van der Waals surface area contributed by atoms with Crippen LogP contribution in [-0.4, -0.2) is 62.9 Å². The third-order valence-electron chi connectivity index (χ3n) is 6.14. The molecule has 0 fully saturated rings. The highest BCUT2D eigenvalue weighted by atomic mass is 16.6. The molecule has 0 aliphatic heterocycles. The predicted octanol–water partition coefficient (Wildman–Crippen LogP) is 4.04. The van der Waals surface area contributed by atoms with Gasteiger partial charge in [-0.1, -0.05) is 42.5 Å². The van der Waals surface area contributed by atoms with E-state index in [1.165, 1.54) is 29.2 Å². The Hall–Kier alpha value is -4.57. The van der Waals surface area contributed by atoms with E-state index in [-0.39, 0.29) is 24.5 Å². The summed E-state index contributed by atoms with van der Waals surface area (Å²) in [7, 11) is 0. The zero-order valence-corrected chi connectivity index (χ0v) is 23.6. The van der Waals surface area contributed by atoms with E-state index in [1.807, 2.05) is 19.1 Å². The quantitative estimate of drug-likeness (QED) is 0.250. The number of benzene rings is 3. The molecule has 0 heterocycles. The van der Waals surface area contributed by atoms with Crippen molar-refractivity contribution >= 4 is 23.6 Å². The first kappa shape index (κ1) is 31.0. The van der Waals surface area contributed by atoms with Crippen molar-refractivity contribution in [1.82, 2.24) is 10.2 Å². The maximum Gasteiger partial charge on any atom is 0.408 e. The molecule has 3 rings (SSSR count). The number of aromatic hydroxyl groups is 2. The van der Waals surface area contributed by atoms with Gasteiger partial charge in [0.15, 0.2) is 0 Å². The molecule has 0 bridgehead atoms. The third-order valence-corrected chi connectivity index (χ3v) is 6.14. The largest absolute Gasteiger partial charge is 0.508 e. The summed E-state index contributed by atoms with van der Waals surface area (Å²) in [5.74, 6) is -1.31. The van der Waals surface area contributed by atoms with Crippen LogP contribution in [-0.2, 0) is 20.7 Å². The number of anilines is 1. The van der Waals surface area contributed by atoms with E-state index in [9.17, 15) is 29.7 Å². The fourth-order valence-electron chi connectivity index (χ4n) is 4.27. The summed E-state index contributed by atoms with van der Waals surface area (Å²) in [4.78, 5) is 42.0. The number of phenols is 2. The number of ether oxygens (including phenoxy) is 1. The van der Waals surface area contributed by atoms with Crippen molar-refractivity contribution in [2.45, 2.75) is 51.8 Å². The van der Waals surface area contributed by atoms with E-state index in [4.69, 9.17) is 4.74 Å². The SMILES string of the molecule is Cc1ccccc1NC(=O)C(c1cccc(O)c1)N(CCO)C(=O)C(Cc1ccc(O)cc1)NC(=O)OC(C)(C)C. The minimum Gasteiger partial charge on any atom is -0.508 e. The second-order valence-electron chi connectivity index (χ2n) is 10.6. The van der Waals surface area contributed by atoms with Crippen LogP contribution in [0.15, 0.2) is 72.8 Å². The number of nitrogens with one attached hydrogen (secondary N) is 2. The average molecular weight is 564 g/mol. The van der Waals surface area contributed by atoms with Gasteiger partial charge in [-0.2, -0.15) is 0 Å². The molecular weight excluding hydrogens is 526 g/mol. The first-order valence-corrected chi connectivity index (χ1v) is 13.2. The maximum absolute atomic E-state index is 14.2. The Kier molecular flexibility index (Phi) is 10.3. The van der Waals surface area contributed by atoms with Gasteiger partial charge in [0, 0.05) is 18.7 Å². The van der Waals surface area contributed by atoms with Crippen LogP contribution in [0.4, 0.5) is 10.5 Å². The first-order chi connectivity index (χ1) is 19.4. The van der Waals surface area contributed by atoms with E-state index in [0.717, 1.165) is 5.56 Å². The summed E-state index contributed by atoms with van der Waals surface area (Å²) >= 11 is 0. The Balaban J connectivity index is 2.04. The fraction of sp³-hybridized carbons (Fsp3) is 0.323. The molecule has 3 aromatic rings. The number of para-hydroxylation sites is 1. The Morgan fingerprint density at radius 1 is 0.927 bits per heavy atom. The van der Waals surface area contributed by atoms with Gasteiger partial charge in [-0.15, -0.1) is 0 Å². The van der Waals surface area contributed by atoms with E-state index < -0.39 is 42.2 Å². The molecule has 0 aliphatic rings. The van der Waals surface area contributed by atoms with Crippen LogP contribution >= 0.6 is 0 Å². The van der Waals surface area contributed by atoms with E-state index in [0.29, 0.717) is 16.8 Å². The molecule has 0 aliphatic carbocycles. The number of phenolic OH excluding ortho intramolecular Hbond substituents is 2. The Morgan fingerprint density at radius 3 is 2.22 bits per heavy atom. The average Bonchev–Trinajstić information content (AvgIpc) is 2.89. The number of nitrogens with zero attached hydrogens (tertiary/aromatic N) is 1. The molecule has 2 atom stereocenters. The van der Waals surface area contributed by atoms with Gasteiger partial charge in [0.25, 0.3) is 5.91 Å². The minimum absolute atomic E-state index is 0.00641. The van der Waals surface area contributed by atoms with Crippen molar-refractivity contribution in [1.29, 1.82) is 0 Å². The van der Waals surface area contributed by atoms with Crippen LogP contribution in [0.25, 0.3) is 0 Å². The number of alkyl carbamates (subject to hydrolysis) is 1. The molecule has 10 nitrogen and oxygen atoms in total. The molecule has 41 heavy (non-hydrogen) atoms. The predicted molar refractivity (Wildman–Crippen MR) is 154 cm³/mol. The summed E-state index contributed by atoms with van der Waals surface area (Å²) in [6, 6.07) is 16.8. The lowest BCUT2D eigenvalue weighted by atomic mass is 9.99. The number of hydrogen-bond acceptors (Lipinski definition) is 7. The summed E-state index contributed by atoms with van der Waals surface area (Å²) < 4.78 is 5.39. The Bertz CT molecular complexity index is 1350. The second-order valence-corrected chi connectivity index (χ2v) is 10.6. The molecule has 3 aromatic carbocycles. The molecule has 2 unspecified atom stereocenters. The standard InChI is InChI=1S/C31H37N3O7/c1-20-8-5-6-11-25(20)32-28(38)27(22-9-7-10-24(37)19-22)34(16-17-35)29(39)26(33-30(40)41-31(2,3)4)18-21-12-14-23(36)15-13-21/h5-15,19,26-27,35-37H,16-18H2,1-4H3,(H,32,38)(H,33,40). The van der Waals surface area contributed by atoms with Crippen LogP contribution in [0.5, 0.6) is 11.5 Å². The molecule has 10 heteroatoms. The summed E-state index contributed by atoms with van der Waals surface area (Å²) in [6.07, 6.45) is -0.830. The number of aryl methyl sites for hydroxylation is 1. The number of amides is 3. The molecule has 0 saturated carbocycles. The van der Waals surface area contributed by atoms with Crippen LogP contribution in [0.1, 0.15) is 43.5 Å². The summed E-state index contributed by atoms with van der Waals surface area (Å²) in [6.45, 7) is 6.17. The van der Waals surface area contributed by atoms with Crippen molar-refractivity contribution in [3.63, 3.8) is 0 Å². The summed E-state index contributed by atoms with van der Waals surface area (Å²) in [5, 5.41) is 35.3. The Labute approximate surface area is 239 Å². The van der Waals surface area contributed by atoms with Crippen molar-refractivity contribution in [2.24, 2.45) is 0 Å². The van der Waals surface area contributed by atoms with E-state index in [2.05, 4.69) is 10.6 Å². The van der Waals surface area contributed by atoms with Gasteiger partial charge in [-0.3, -0.25) is 9.59 Å². The second kappa shape index (κ2) is 13.7. The number of rotatable bonds is 10. The van der Waals surface area contributed by atoms with Gasteiger partial charge in [0.2, 0.25) is 5.91 Å². The van der Waals surface area contributed by atoms with Crippen LogP contribution in [0, 0.1) is 6.92 Å². The van der Waals surface area contributed by atoms with Gasteiger partial charge in [0.05, 0.1) is 6.61 Å². The monoisotopic (exact) mass is 563 g/mol. The highest BCUT2D eigenvalue weighted by Gasteiger charge is 2.36. The lowest BCUT2D eigenvalue weighted by molar-refractivity contribution is -0.141. The normalized spacial score (nSPS) is 12.6. The van der Waals surface area contributed by atoms with Crippen LogP contribution in [0.3, 0.4) is 0 Å². The molecule has 5 N–H and O–H groups in total. The smallest absolute Gasteiger partial charge is 0.408 e. The topological polar surface area (TPSA) is 148 Å². The van der Waals surface area contributed by atoms with Gasteiger partial charge in [-0.25, -0.2) is 4.79 Å². The number of aliphatic hydroxyl groups excluding tert-OH is 1. The molecule has 0 radical (unpaired) electrons. The van der Waals surface area contributed by atoms with Gasteiger partial charge in [-0.05, 0) is 74.7 Å². The molecule has 0 spiro atoms. The zero-order chi connectivity index (χ0) is 30.2. The number of carbonyl (C=O) groups is 3. The van der Waals surface area contributed by atoms with Gasteiger partial charge >= 0.3 is 6.09 Å². The third kappa shape index (κ3) is 8.97. The Morgan fingerprint density at radius 2 is 1.61 bits per heavy atom. The zero-order valence-electron chi connectivity index (χ0n) is 23.6. The maximum atomic E-state index is 14.2. The van der Waals surface area contributed by atoms with Crippen LogP contribution in [0.2, 0.25) is 0 Å². The van der Waals surface area contributed by atoms with Crippen molar-refractivity contribution in [3.8, 4) is 11.5 Å². The molecule has 0 saturated heterocycles. The molecule has 3 amide bonds. The first-order valence-electron chi connectivity index (χ1n) is 13.2. The lowest BCUT2D eigenvalue weighted by Gasteiger charge is -2.34. The number of hydrogen-bond donors (Lipinski definition) is 5. The van der Waals surface area contributed by atoms with Crippen LogP contribution < -0.4 is 10.6 Å². The molecule has 0 aromatic heterocycles. The van der Waals surface area contributed by atoms with E-state index in [1.54, 1.807) is 57.2 Å². The van der Waals surface area contributed by atoms with Crippen molar-refractivity contribution in [2.75, 3.05) is 18.5 Å². The number of aliphatic hydroxyl groups is 1. The lowest BCUT2D eigenvalue weighted by Crippen LogP contribution is -2.53. The van der Waals surface area contributed by atoms with Gasteiger partial charge < -0.3 is 35.6 Å². The van der Waals surface area contributed by atoms with Crippen molar-refractivity contribution in [3.05, 3.63) is 89.5 Å². The summed E-state index contributed by atoms with van der Waals surface area (Å²) in [5.41, 5.74) is 1.43. The number of carbonyl (C=O) groups excluding carboxylic acids is 3. The highest BCUT2D eigenvalue weighted by Crippen LogP contribution is 2.28. The molecular formula is C31H37N3O7. The molecule has 218 valence electrons. The van der Waals surface area contributed by atoms with Crippen molar-refractivity contribution < 1.29 is 34.4 Å².